The zero-order valence-corrected chi connectivity index (χ0v) is 10.7. The Morgan fingerprint density at radius 2 is 2.29 bits per heavy atom. The Bertz CT molecular complexity index is 362. The molecule has 1 fully saturated rings. The third-order valence-corrected chi connectivity index (χ3v) is 3.51. The molecule has 1 aromatic rings. The molecule has 3 unspecified atom stereocenters. The average molecular weight is 234 g/mol. The molecule has 1 N–H and O–H groups in total. The highest BCUT2D eigenvalue weighted by molar-refractivity contribution is 5.26. The number of aliphatic hydroxyl groups excluding tert-OH is 1. The SMILES string of the molecule is CCCc1cccc(C(O)C2COC(C)C2)c1. The Morgan fingerprint density at radius 1 is 1.47 bits per heavy atom. The van der Waals surface area contributed by atoms with Gasteiger partial charge in [0.25, 0.3) is 0 Å². The quantitative estimate of drug-likeness (QED) is 0.867. The minimum atomic E-state index is -0.378. The Labute approximate surface area is 104 Å². The topological polar surface area (TPSA) is 29.5 Å². The lowest BCUT2D eigenvalue weighted by molar-refractivity contribution is 0.0803. The molecule has 1 aliphatic rings. The molecule has 0 aliphatic carbocycles. The van der Waals surface area contributed by atoms with Crippen LogP contribution < -0.4 is 0 Å². The van der Waals surface area contributed by atoms with Crippen molar-refractivity contribution in [1.29, 1.82) is 0 Å². The fraction of sp³-hybridized carbons (Fsp3) is 0.600. The molecule has 1 heterocycles. The molecule has 1 aromatic carbocycles. The third kappa shape index (κ3) is 3.08. The second kappa shape index (κ2) is 5.65. The normalized spacial score (nSPS) is 26.1. The van der Waals surface area contributed by atoms with E-state index in [1.54, 1.807) is 0 Å². The van der Waals surface area contributed by atoms with E-state index in [4.69, 9.17) is 4.74 Å². The van der Waals surface area contributed by atoms with E-state index in [0.717, 1.165) is 24.8 Å². The molecule has 0 radical (unpaired) electrons. The number of hydrogen-bond acceptors (Lipinski definition) is 2. The number of hydrogen-bond donors (Lipinski definition) is 1. The summed E-state index contributed by atoms with van der Waals surface area (Å²) in [6.45, 7) is 4.93. The van der Waals surface area contributed by atoms with E-state index in [2.05, 4.69) is 26.0 Å². The molecule has 0 saturated carbocycles. The van der Waals surface area contributed by atoms with Crippen LogP contribution in [0.4, 0.5) is 0 Å². The molecule has 2 nitrogen and oxygen atoms in total. The molecule has 2 heteroatoms. The van der Waals surface area contributed by atoms with Crippen molar-refractivity contribution in [2.45, 2.75) is 45.3 Å². The van der Waals surface area contributed by atoms with E-state index in [9.17, 15) is 5.11 Å². The number of aliphatic hydroxyl groups is 1. The minimum absolute atomic E-state index is 0.252. The molecule has 0 aromatic heterocycles. The second-order valence-electron chi connectivity index (χ2n) is 5.08. The van der Waals surface area contributed by atoms with Crippen LogP contribution in [0.25, 0.3) is 0 Å². The summed E-state index contributed by atoms with van der Waals surface area (Å²) in [5.74, 6) is 0.252. The first kappa shape index (κ1) is 12.6. The zero-order valence-electron chi connectivity index (χ0n) is 10.7. The van der Waals surface area contributed by atoms with E-state index < -0.39 is 0 Å². The van der Waals surface area contributed by atoms with Crippen LogP contribution in [0.5, 0.6) is 0 Å². The standard InChI is InChI=1S/C15H22O2/c1-3-5-12-6-4-7-13(9-12)15(16)14-8-11(2)17-10-14/h4,6-7,9,11,14-16H,3,5,8,10H2,1-2H3. The molecule has 1 aliphatic heterocycles. The van der Waals surface area contributed by atoms with Crippen LogP contribution in [0.2, 0.25) is 0 Å². The van der Waals surface area contributed by atoms with Gasteiger partial charge in [-0.05, 0) is 30.9 Å². The summed E-state index contributed by atoms with van der Waals surface area (Å²) in [6.07, 6.45) is 3.09. The van der Waals surface area contributed by atoms with Crippen LogP contribution in [0.15, 0.2) is 24.3 Å². The fourth-order valence-corrected chi connectivity index (χ4v) is 2.56. The Morgan fingerprint density at radius 3 is 2.94 bits per heavy atom. The molecule has 0 amide bonds. The van der Waals surface area contributed by atoms with E-state index in [-0.39, 0.29) is 18.1 Å². The van der Waals surface area contributed by atoms with Crippen molar-refractivity contribution in [1.82, 2.24) is 0 Å². The van der Waals surface area contributed by atoms with Gasteiger partial charge in [0, 0.05) is 5.92 Å². The lowest BCUT2D eigenvalue weighted by atomic mass is 9.92. The summed E-state index contributed by atoms with van der Waals surface area (Å²) in [4.78, 5) is 0. The highest BCUT2D eigenvalue weighted by Crippen LogP contribution is 2.31. The monoisotopic (exact) mass is 234 g/mol. The Balaban J connectivity index is 2.07. The van der Waals surface area contributed by atoms with E-state index in [0.29, 0.717) is 6.61 Å². The average Bonchev–Trinajstić information content (AvgIpc) is 2.76. The van der Waals surface area contributed by atoms with Crippen LogP contribution >= 0.6 is 0 Å². The number of ether oxygens (including phenoxy) is 1. The van der Waals surface area contributed by atoms with Crippen molar-refractivity contribution in [3.63, 3.8) is 0 Å². The lowest BCUT2D eigenvalue weighted by Gasteiger charge is -2.17. The van der Waals surface area contributed by atoms with Crippen LogP contribution in [0.1, 0.15) is 43.9 Å². The Kier molecular flexibility index (Phi) is 4.19. The van der Waals surface area contributed by atoms with Crippen molar-refractivity contribution < 1.29 is 9.84 Å². The van der Waals surface area contributed by atoms with E-state index in [1.807, 2.05) is 12.1 Å². The summed E-state index contributed by atoms with van der Waals surface area (Å²) in [5.41, 5.74) is 2.36. The molecular formula is C15H22O2. The number of benzene rings is 1. The van der Waals surface area contributed by atoms with Crippen molar-refractivity contribution in [3.05, 3.63) is 35.4 Å². The minimum Gasteiger partial charge on any atom is -0.388 e. The summed E-state index contributed by atoms with van der Waals surface area (Å²) in [7, 11) is 0. The maximum atomic E-state index is 10.4. The predicted molar refractivity (Wildman–Crippen MR) is 68.9 cm³/mol. The van der Waals surface area contributed by atoms with Gasteiger partial charge in [-0.1, -0.05) is 37.6 Å². The molecule has 94 valence electrons. The third-order valence-electron chi connectivity index (χ3n) is 3.51. The van der Waals surface area contributed by atoms with Gasteiger partial charge in [0.2, 0.25) is 0 Å². The summed E-state index contributed by atoms with van der Waals surface area (Å²) in [5, 5.41) is 10.4. The highest BCUT2D eigenvalue weighted by Gasteiger charge is 2.29. The largest absolute Gasteiger partial charge is 0.388 e. The van der Waals surface area contributed by atoms with Crippen LogP contribution in [0.3, 0.4) is 0 Å². The van der Waals surface area contributed by atoms with Gasteiger partial charge < -0.3 is 9.84 Å². The van der Waals surface area contributed by atoms with Crippen molar-refractivity contribution in [2.75, 3.05) is 6.61 Å². The van der Waals surface area contributed by atoms with Gasteiger partial charge in [0.1, 0.15) is 0 Å². The van der Waals surface area contributed by atoms with Crippen molar-refractivity contribution in [2.24, 2.45) is 5.92 Å². The first-order valence-corrected chi connectivity index (χ1v) is 6.59. The molecule has 3 atom stereocenters. The maximum Gasteiger partial charge on any atom is 0.0841 e. The fourth-order valence-electron chi connectivity index (χ4n) is 2.56. The number of rotatable bonds is 4. The first-order chi connectivity index (χ1) is 8.20. The summed E-state index contributed by atoms with van der Waals surface area (Å²) < 4.78 is 5.53. The predicted octanol–water partition coefficient (Wildman–Crippen LogP) is 3.10. The van der Waals surface area contributed by atoms with Gasteiger partial charge in [-0.2, -0.15) is 0 Å². The number of aryl methyl sites for hydroxylation is 1. The van der Waals surface area contributed by atoms with Crippen molar-refractivity contribution >= 4 is 0 Å². The summed E-state index contributed by atoms with van der Waals surface area (Å²) in [6, 6.07) is 8.33. The highest BCUT2D eigenvalue weighted by atomic mass is 16.5. The van der Waals surface area contributed by atoms with Gasteiger partial charge >= 0.3 is 0 Å². The molecular weight excluding hydrogens is 212 g/mol. The Hall–Kier alpha value is -0.860. The van der Waals surface area contributed by atoms with Crippen LogP contribution in [-0.2, 0) is 11.2 Å². The van der Waals surface area contributed by atoms with Gasteiger partial charge in [-0.3, -0.25) is 0 Å². The molecule has 0 spiro atoms. The summed E-state index contributed by atoms with van der Waals surface area (Å²) >= 11 is 0. The molecule has 1 saturated heterocycles. The van der Waals surface area contributed by atoms with Gasteiger partial charge in [0.05, 0.1) is 18.8 Å². The first-order valence-electron chi connectivity index (χ1n) is 6.59. The second-order valence-corrected chi connectivity index (χ2v) is 5.08. The molecule has 2 rings (SSSR count). The lowest BCUT2D eigenvalue weighted by Crippen LogP contribution is -2.13. The van der Waals surface area contributed by atoms with Gasteiger partial charge in [-0.25, -0.2) is 0 Å². The smallest absolute Gasteiger partial charge is 0.0841 e. The van der Waals surface area contributed by atoms with Gasteiger partial charge in [-0.15, -0.1) is 0 Å². The van der Waals surface area contributed by atoms with E-state index >= 15 is 0 Å². The maximum absolute atomic E-state index is 10.4. The molecule has 0 bridgehead atoms. The van der Waals surface area contributed by atoms with Crippen LogP contribution in [0, 0.1) is 5.92 Å². The van der Waals surface area contributed by atoms with Crippen LogP contribution in [-0.4, -0.2) is 17.8 Å². The van der Waals surface area contributed by atoms with Crippen molar-refractivity contribution in [3.8, 4) is 0 Å². The molecule has 17 heavy (non-hydrogen) atoms. The zero-order chi connectivity index (χ0) is 12.3. The van der Waals surface area contributed by atoms with E-state index in [1.165, 1.54) is 5.56 Å². The van der Waals surface area contributed by atoms with Gasteiger partial charge in [0.15, 0.2) is 0 Å².